The number of hydrogen-bond acceptors (Lipinski definition) is 3. The Balaban J connectivity index is 1.98. The highest BCUT2D eigenvalue weighted by Gasteiger charge is 2.11. The molecule has 0 spiro atoms. The number of aromatic nitrogens is 1. The average molecular weight is 345 g/mol. The highest BCUT2D eigenvalue weighted by atomic mass is 35.5. The number of rotatable bonds is 2. The second kappa shape index (κ2) is 6.76. The summed E-state index contributed by atoms with van der Waals surface area (Å²) in [7, 11) is 0. The van der Waals surface area contributed by atoms with Gasteiger partial charge in [0.05, 0.1) is 10.6 Å². The van der Waals surface area contributed by atoms with Crippen molar-refractivity contribution in [2.75, 3.05) is 0 Å². The van der Waals surface area contributed by atoms with Crippen molar-refractivity contribution in [1.29, 1.82) is 0 Å². The van der Waals surface area contributed by atoms with Crippen molar-refractivity contribution >= 4 is 46.6 Å². The lowest BCUT2D eigenvalue weighted by atomic mass is 10.2. The van der Waals surface area contributed by atoms with Gasteiger partial charge >= 0.3 is 0 Å². The van der Waals surface area contributed by atoms with Gasteiger partial charge in [-0.2, -0.15) is 0 Å². The zero-order valence-corrected chi connectivity index (χ0v) is 12.6. The third-order valence-electron chi connectivity index (χ3n) is 2.45. The van der Waals surface area contributed by atoms with E-state index in [2.05, 4.69) is 15.8 Å². The first-order valence-corrected chi connectivity index (χ1v) is 6.78. The first-order chi connectivity index (χ1) is 9.97. The Kier molecular flexibility index (Phi) is 5.01. The SMILES string of the molecule is O=C(NNC(=O)c1cnc(Cl)c(Cl)c1)c1ccc(Cl)cc1. The highest BCUT2D eigenvalue weighted by molar-refractivity contribution is 6.41. The van der Waals surface area contributed by atoms with E-state index in [1.165, 1.54) is 24.4 Å². The lowest BCUT2D eigenvalue weighted by Crippen LogP contribution is -2.41. The topological polar surface area (TPSA) is 71.1 Å². The molecule has 1 heterocycles. The summed E-state index contributed by atoms with van der Waals surface area (Å²) < 4.78 is 0. The number of nitrogens with zero attached hydrogens (tertiary/aromatic N) is 1. The lowest BCUT2D eigenvalue weighted by molar-refractivity contribution is 0.0846. The molecule has 1 aromatic heterocycles. The average Bonchev–Trinajstić information content (AvgIpc) is 2.48. The largest absolute Gasteiger partial charge is 0.271 e. The molecule has 5 nitrogen and oxygen atoms in total. The number of amides is 2. The van der Waals surface area contributed by atoms with E-state index in [-0.39, 0.29) is 15.7 Å². The minimum absolute atomic E-state index is 0.0958. The van der Waals surface area contributed by atoms with Crippen molar-refractivity contribution in [2.24, 2.45) is 0 Å². The predicted molar refractivity (Wildman–Crippen MR) is 80.6 cm³/mol. The Labute approximate surface area is 135 Å². The Hall–Kier alpha value is -1.82. The number of hydrogen-bond donors (Lipinski definition) is 2. The molecule has 0 fully saturated rings. The molecule has 0 radical (unpaired) electrons. The summed E-state index contributed by atoms with van der Waals surface area (Å²) in [6, 6.07) is 7.55. The van der Waals surface area contributed by atoms with Gasteiger partial charge in [0, 0.05) is 16.8 Å². The predicted octanol–water partition coefficient (Wildman–Crippen LogP) is 3.12. The monoisotopic (exact) mass is 343 g/mol. The van der Waals surface area contributed by atoms with E-state index in [1.54, 1.807) is 12.1 Å². The fourth-order valence-electron chi connectivity index (χ4n) is 1.40. The molecule has 0 unspecified atom stereocenters. The van der Waals surface area contributed by atoms with E-state index in [1.807, 2.05) is 0 Å². The van der Waals surface area contributed by atoms with E-state index < -0.39 is 11.8 Å². The fourth-order valence-corrected chi connectivity index (χ4v) is 1.80. The van der Waals surface area contributed by atoms with Gasteiger partial charge in [-0.25, -0.2) is 4.98 Å². The quantitative estimate of drug-likeness (QED) is 0.649. The van der Waals surface area contributed by atoms with Gasteiger partial charge in [0.2, 0.25) is 0 Å². The molecule has 0 aliphatic rings. The molecule has 2 rings (SSSR count). The fraction of sp³-hybridized carbons (Fsp3) is 0. The van der Waals surface area contributed by atoms with Crippen LogP contribution in [0.1, 0.15) is 20.7 Å². The summed E-state index contributed by atoms with van der Waals surface area (Å²) in [5.41, 5.74) is 5.03. The zero-order valence-electron chi connectivity index (χ0n) is 10.4. The summed E-state index contributed by atoms with van der Waals surface area (Å²) in [6.45, 7) is 0. The second-order valence-corrected chi connectivity index (χ2v) is 5.11. The summed E-state index contributed by atoms with van der Waals surface area (Å²) in [4.78, 5) is 27.3. The van der Waals surface area contributed by atoms with Crippen LogP contribution < -0.4 is 10.9 Å². The molecule has 2 aromatic rings. The molecule has 0 bridgehead atoms. The third-order valence-corrected chi connectivity index (χ3v) is 3.39. The van der Waals surface area contributed by atoms with Crippen molar-refractivity contribution in [1.82, 2.24) is 15.8 Å². The smallest absolute Gasteiger partial charge is 0.267 e. The molecule has 21 heavy (non-hydrogen) atoms. The Morgan fingerprint density at radius 2 is 1.48 bits per heavy atom. The van der Waals surface area contributed by atoms with Gasteiger partial charge in [-0.3, -0.25) is 20.4 Å². The minimum atomic E-state index is -0.566. The van der Waals surface area contributed by atoms with Crippen molar-refractivity contribution in [3.05, 3.63) is 62.9 Å². The lowest BCUT2D eigenvalue weighted by Gasteiger charge is -2.07. The van der Waals surface area contributed by atoms with Gasteiger partial charge in [0.15, 0.2) is 0 Å². The molecule has 8 heteroatoms. The number of pyridine rings is 1. The molecule has 108 valence electrons. The van der Waals surface area contributed by atoms with Crippen LogP contribution in [-0.2, 0) is 0 Å². The summed E-state index contributed by atoms with van der Waals surface area (Å²) >= 11 is 17.1. The highest BCUT2D eigenvalue weighted by Crippen LogP contribution is 2.19. The number of halogens is 3. The van der Waals surface area contributed by atoms with Crippen molar-refractivity contribution in [3.8, 4) is 0 Å². The second-order valence-electron chi connectivity index (χ2n) is 3.91. The van der Waals surface area contributed by atoms with E-state index in [0.29, 0.717) is 10.6 Å². The third kappa shape index (κ3) is 4.07. The Bertz CT molecular complexity index is 690. The number of carbonyl (C=O) groups is 2. The standard InChI is InChI=1S/C13H8Cl3N3O2/c14-9-3-1-7(2-4-9)12(20)18-19-13(21)8-5-10(15)11(16)17-6-8/h1-6H,(H,18,20)(H,19,21). The van der Waals surface area contributed by atoms with Crippen LogP contribution in [0.15, 0.2) is 36.5 Å². The van der Waals surface area contributed by atoms with Crippen LogP contribution >= 0.6 is 34.8 Å². The molecule has 0 saturated carbocycles. The van der Waals surface area contributed by atoms with Crippen LogP contribution in [0.3, 0.4) is 0 Å². The van der Waals surface area contributed by atoms with Crippen LogP contribution in [0.4, 0.5) is 0 Å². The summed E-state index contributed by atoms with van der Waals surface area (Å²) in [5.74, 6) is -1.04. The van der Waals surface area contributed by atoms with E-state index >= 15 is 0 Å². The molecule has 1 aromatic carbocycles. The van der Waals surface area contributed by atoms with Crippen molar-refractivity contribution in [3.63, 3.8) is 0 Å². The zero-order chi connectivity index (χ0) is 15.4. The molecule has 2 amide bonds. The van der Waals surface area contributed by atoms with Crippen LogP contribution in [0.25, 0.3) is 0 Å². The van der Waals surface area contributed by atoms with Gasteiger partial charge in [-0.05, 0) is 30.3 Å². The number of carbonyl (C=O) groups excluding carboxylic acids is 2. The van der Waals surface area contributed by atoms with Gasteiger partial charge in [-0.1, -0.05) is 34.8 Å². The van der Waals surface area contributed by atoms with E-state index in [4.69, 9.17) is 34.8 Å². The van der Waals surface area contributed by atoms with Gasteiger partial charge in [0.1, 0.15) is 5.15 Å². The maximum Gasteiger partial charge on any atom is 0.271 e. The molecular formula is C13H8Cl3N3O2. The molecular weight excluding hydrogens is 337 g/mol. The van der Waals surface area contributed by atoms with Gasteiger partial charge < -0.3 is 0 Å². The number of hydrazine groups is 1. The van der Waals surface area contributed by atoms with Crippen LogP contribution in [-0.4, -0.2) is 16.8 Å². The van der Waals surface area contributed by atoms with E-state index in [9.17, 15) is 9.59 Å². The number of nitrogens with one attached hydrogen (secondary N) is 2. The van der Waals surface area contributed by atoms with Crippen molar-refractivity contribution < 1.29 is 9.59 Å². The summed E-state index contributed by atoms with van der Waals surface area (Å²) in [5, 5.41) is 0.754. The normalized spacial score (nSPS) is 10.0. The van der Waals surface area contributed by atoms with Gasteiger partial charge in [-0.15, -0.1) is 0 Å². The first-order valence-electron chi connectivity index (χ1n) is 5.64. The number of benzene rings is 1. The van der Waals surface area contributed by atoms with Gasteiger partial charge in [0.25, 0.3) is 11.8 Å². The maximum atomic E-state index is 11.8. The van der Waals surface area contributed by atoms with Crippen LogP contribution in [0, 0.1) is 0 Å². The van der Waals surface area contributed by atoms with E-state index in [0.717, 1.165) is 0 Å². The molecule has 0 atom stereocenters. The molecule has 0 aliphatic carbocycles. The molecule has 0 aliphatic heterocycles. The minimum Gasteiger partial charge on any atom is -0.267 e. The van der Waals surface area contributed by atoms with Crippen LogP contribution in [0.2, 0.25) is 15.2 Å². The summed E-state index contributed by atoms with van der Waals surface area (Å²) in [6.07, 6.45) is 1.25. The van der Waals surface area contributed by atoms with Crippen molar-refractivity contribution in [2.45, 2.75) is 0 Å². The Morgan fingerprint density at radius 3 is 2.05 bits per heavy atom. The Morgan fingerprint density at radius 1 is 0.905 bits per heavy atom. The molecule has 2 N–H and O–H groups in total. The molecule has 0 saturated heterocycles. The van der Waals surface area contributed by atoms with Crippen LogP contribution in [0.5, 0.6) is 0 Å². The maximum absolute atomic E-state index is 11.8. The first kappa shape index (κ1) is 15.6.